The van der Waals surface area contributed by atoms with Gasteiger partial charge in [-0.25, -0.2) is 4.57 Å². The molecule has 0 unspecified atom stereocenters. The minimum atomic E-state index is -4.53. The van der Waals surface area contributed by atoms with E-state index in [4.69, 9.17) is 14.5 Å². The van der Waals surface area contributed by atoms with Crippen LogP contribution in [0.5, 0.6) is 5.75 Å². The van der Waals surface area contributed by atoms with Crippen molar-refractivity contribution < 1.29 is 23.6 Å². The van der Waals surface area contributed by atoms with Crippen LogP contribution in [0.2, 0.25) is 0 Å². The molecule has 0 aliphatic carbocycles. The van der Waals surface area contributed by atoms with E-state index in [-0.39, 0.29) is 13.2 Å². The molecule has 0 aliphatic rings. The molecule has 0 saturated carbocycles. The maximum atomic E-state index is 10.8. The number of rotatable bonds is 10. The number of nitriles is 1. The molecule has 0 fully saturated rings. The van der Waals surface area contributed by atoms with Gasteiger partial charge in [0.15, 0.2) is 0 Å². The fourth-order valence-corrected chi connectivity index (χ4v) is 4.14. The third-order valence-corrected chi connectivity index (χ3v) is 6.22. The molecule has 8 nitrogen and oxygen atoms in total. The summed E-state index contributed by atoms with van der Waals surface area (Å²) in [5.74, 6) is 0.501. The van der Waals surface area contributed by atoms with Gasteiger partial charge in [-0.05, 0) is 53.1 Å². The average molecular weight is 496 g/mol. The van der Waals surface area contributed by atoms with Gasteiger partial charge in [-0.1, -0.05) is 36.4 Å². The van der Waals surface area contributed by atoms with Crippen molar-refractivity contribution in [1.82, 2.24) is 0 Å². The van der Waals surface area contributed by atoms with Gasteiger partial charge in [0.1, 0.15) is 17.8 Å². The lowest BCUT2D eigenvalue weighted by Crippen LogP contribution is -2.27. The van der Waals surface area contributed by atoms with Crippen molar-refractivity contribution >= 4 is 19.2 Å². The van der Waals surface area contributed by atoms with E-state index in [9.17, 15) is 9.83 Å². The Morgan fingerprint density at radius 1 is 0.771 bits per heavy atom. The van der Waals surface area contributed by atoms with Crippen molar-refractivity contribution in [3.8, 4) is 11.8 Å². The van der Waals surface area contributed by atoms with Crippen LogP contribution in [0.4, 0.5) is 11.4 Å². The van der Waals surface area contributed by atoms with E-state index >= 15 is 0 Å². The minimum absolute atomic E-state index is 0.0220. The number of phosphoric acid groups is 1. The van der Waals surface area contributed by atoms with Crippen LogP contribution >= 0.6 is 7.82 Å². The molecule has 0 saturated heterocycles. The molecule has 9 heteroatoms. The van der Waals surface area contributed by atoms with Gasteiger partial charge in [-0.15, -0.1) is 0 Å². The summed E-state index contributed by atoms with van der Waals surface area (Å²) < 4.78 is 20.7. The quantitative estimate of drug-likeness (QED) is 0.245. The van der Waals surface area contributed by atoms with Crippen LogP contribution < -0.4 is 14.5 Å². The Balaban J connectivity index is 1.99. The molecule has 0 radical (unpaired) electrons. The highest BCUT2D eigenvalue weighted by Gasteiger charge is 2.37. The first kappa shape index (κ1) is 26.3. The van der Waals surface area contributed by atoms with Crippen LogP contribution in [-0.2, 0) is 14.5 Å². The predicted octanol–water partition coefficient (Wildman–Crippen LogP) is 4.16. The number of anilines is 2. The zero-order valence-corrected chi connectivity index (χ0v) is 21.1. The van der Waals surface area contributed by atoms with Crippen molar-refractivity contribution in [2.75, 3.05) is 51.2 Å². The molecule has 2 N–H and O–H groups in total. The van der Waals surface area contributed by atoms with E-state index in [2.05, 4.69) is 10.6 Å². The fourth-order valence-electron chi connectivity index (χ4n) is 3.83. The second kappa shape index (κ2) is 10.9. The lowest BCUT2D eigenvalue weighted by molar-refractivity contribution is 0.160. The van der Waals surface area contributed by atoms with E-state index in [0.717, 1.165) is 28.1 Å². The van der Waals surface area contributed by atoms with Gasteiger partial charge in [-0.2, -0.15) is 5.26 Å². The molecule has 0 atom stereocenters. The lowest BCUT2D eigenvalue weighted by atomic mass is 9.70. The van der Waals surface area contributed by atoms with Crippen molar-refractivity contribution in [2.45, 2.75) is 5.41 Å². The molecule has 0 aromatic heterocycles. The molecular weight excluding hydrogens is 465 g/mol. The van der Waals surface area contributed by atoms with Crippen LogP contribution in [0.1, 0.15) is 16.7 Å². The number of hydrogen-bond donors (Lipinski definition) is 2. The molecule has 184 valence electrons. The van der Waals surface area contributed by atoms with Gasteiger partial charge in [0.25, 0.3) is 0 Å². The molecule has 35 heavy (non-hydrogen) atoms. The predicted molar refractivity (Wildman–Crippen MR) is 137 cm³/mol. The number of benzene rings is 3. The van der Waals surface area contributed by atoms with Gasteiger partial charge in [0.2, 0.25) is 0 Å². The van der Waals surface area contributed by atoms with Crippen molar-refractivity contribution in [3.63, 3.8) is 0 Å². The summed E-state index contributed by atoms with van der Waals surface area (Å²) in [6.07, 6.45) is 0. The zero-order chi connectivity index (χ0) is 25.6. The molecular formula is C26H30N3O5P. The average Bonchev–Trinajstić information content (AvgIpc) is 2.83. The first-order chi connectivity index (χ1) is 16.6. The van der Waals surface area contributed by atoms with Gasteiger partial charge in [0.05, 0.1) is 12.7 Å². The first-order valence-electron chi connectivity index (χ1n) is 11.0. The SMILES string of the molecule is CN(C)c1ccc(C(C#N)(c2ccc(OCCOP(=O)(O)O)cc2)c2ccc(N(C)C)cc2)cc1. The normalized spacial score (nSPS) is 11.6. The van der Waals surface area contributed by atoms with Crippen LogP contribution in [0, 0.1) is 11.3 Å². The summed E-state index contributed by atoms with van der Waals surface area (Å²) in [7, 11) is 3.34. The van der Waals surface area contributed by atoms with Crippen molar-refractivity contribution in [2.24, 2.45) is 0 Å². The van der Waals surface area contributed by atoms with Crippen molar-refractivity contribution in [1.29, 1.82) is 5.26 Å². The topological polar surface area (TPSA) is 106 Å². The Labute approximate surface area is 206 Å². The standard InChI is InChI=1S/C26H30N3O5P/c1-28(2)23-11-5-20(6-12-23)26(19-27,21-7-13-24(14-8-21)29(3)4)22-9-15-25(16-10-22)33-17-18-34-35(30,31)32/h5-16H,17-18H2,1-4H3,(H2,30,31,32). The summed E-state index contributed by atoms with van der Waals surface area (Å²) in [5, 5.41) is 10.6. The Kier molecular flexibility index (Phi) is 8.21. The first-order valence-corrected chi connectivity index (χ1v) is 12.5. The van der Waals surface area contributed by atoms with E-state index in [1.54, 1.807) is 12.1 Å². The molecule has 3 aromatic carbocycles. The van der Waals surface area contributed by atoms with Gasteiger partial charge < -0.3 is 24.3 Å². The Hall–Kier alpha value is -3.34. The maximum absolute atomic E-state index is 10.8. The van der Waals surface area contributed by atoms with Gasteiger partial charge >= 0.3 is 7.82 Å². The van der Waals surface area contributed by atoms with E-state index in [1.165, 1.54) is 0 Å². The second-order valence-corrected chi connectivity index (χ2v) is 9.68. The van der Waals surface area contributed by atoms with Crippen LogP contribution in [0.15, 0.2) is 72.8 Å². The van der Waals surface area contributed by atoms with E-state index in [1.807, 2.05) is 98.7 Å². The van der Waals surface area contributed by atoms with Crippen LogP contribution in [0.3, 0.4) is 0 Å². The van der Waals surface area contributed by atoms with E-state index < -0.39 is 13.2 Å². The molecule has 3 rings (SSSR count). The Morgan fingerprint density at radius 3 is 1.51 bits per heavy atom. The zero-order valence-electron chi connectivity index (χ0n) is 20.3. The lowest BCUT2D eigenvalue weighted by Gasteiger charge is -2.30. The number of ether oxygens (including phenoxy) is 1. The number of hydrogen-bond acceptors (Lipinski definition) is 6. The summed E-state index contributed by atoms with van der Waals surface area (Å²) in [4.78, 5) is 21.6. The monoisotopic (exact) mass is 495 g/mol. The smallest absolute Gasteiger partial charge is 0.469 e. The molecule has 0 spiro atoms. The molecule has 0 bridgehead atoms. The van der Waals surface area contributed by atoms with Crippen LogP contribution in [-0.4, -0.2) is 51.2 Å². The van der Waals surface area contributed by atoms with Gasteiger partial charge in [0, 0.05) is 39.6 Å². The largest absolute Gasteiger partial charge is 0.491 e. The Bertz CT molecular complexity index is 1150. The highest BCUT2D eigenvalue weighted by molar-refractivity contribution is 7.46. The molecule has 3 aromatic rings. The number of nitrogens with zero attached hydrogens (tertiary/aromatic N) is 3. The summed E-state index contributed by atoms with van der Waals surface area (Å²) in [6, 6.07) is 25.6. The summed E-state index contributed by atoms with van der Waals surface area (Å²) in [5.41, 5.74) is 3.46. The fraction of sp³-hybridized carbons (Fsp3) is 0.269. The Morgan fingerprint density at radius 2 is 1.17 bits per heavy atom. The van der Waals surface area contributed by atoms with Crippen LogP contribution in [0.25, 0.3) is 0 Å². The summed E-state index contributed by atoms with van der Waals surface area (Å²) >= 11 is 0. The third-order valence-electron chi connectivity index (χ3n) is 5.70. The molecule has 0 heterocycles. The number of phosphoric ester groups is 1. The summed E-state index contributed by atoms with van der Waals surface area (Å²) in [6.45, 7) is -0.267. The third kappa shape index (κ3) is 6.21. The second-order valence-electron chi connectivity index (χ2n) is 8.44. The highest BCUT2D eigenvalue weighted by atomic mass is 31.2. The molecule has 0 aliphatic heterocycles. The minimum Gasteiger partial charge on any atom is -0.491 e. The molecule has 0 amide bonds. The maximum Gasteiger partial charge on any atom is 0.469 e. The van der Waals surface area contributed by atoms with E-state index in [0.29, 0.717) is 5.75 Å². The van der Waals surface area contributed by atoms with Gasteiger partial charge in [-0.3, -0.25) is 4.52 Å². The van der Waals surface area contributed by atoms with Crippen molar-refractivity contribution in [3.05, 3.63) is 89.5 Å². The highest BCUT2D eigenvalue weighted by Crippen LogP contribution is 2.40.